The van der Waals surface area contributed by atoms with Crippen LogP contribution in [0.4, 0.5) is 0 Å². The van der Waals surface area contributed by atoms with Gasteiger partial charge in [0.25, 0.3) is 0 Å². The van der Waals surface area contributed by atoms with E-state index in [4.69, 9.17) is 4.74 Å². The number of methoxy groups -OCH3 is 1. The molecule has 3 heteroatoms. The standard InChI is InChI=1S/C15H21BrO2/c1-11-5-3-4-8-15(11,17)10-12-9-13(16)6-7-14(12)18-2/h6-7,9,11,17H,3-5,8,10H2,1-2H3. The number of rotatable bonds is 3. The first kappa shape index (κ1) is 13.9. The topological polar surface area (TPSA) is 29.5 Å². The monoisotopic (exact) mass is 312 g/mol. The minimum atomic E-state index is -0.577. The normalized spacial score (nSPS) is 28.1. The van der Waals surface area contributed by atoms with Gasteiger partial charge in [0, 0.05) is 10.9 Å². The summed E-state index contributed by atoms with van der Waals surface area (Å²) in [5.74, 6) is 1.22. The van der Waals surface area contributed by atoms with Crippen LogP contribution in [-0.2, 0) is 6.42 Å². The number of benzene rings is 1. The Morgan fingerprint density at radius 1 is 1.44 bits per heavy atom. The van der Waals surface area contributed by atoms with Crippen molar-refractivity contribution in [1.29, 1.82) is 0 Å². The van der Waals surface area contributed by atoms with Gasteiger partial charge in [-0.1, -0.05) is 35.7 Å². The van der Waals surface area contributed by atoms with E-state index in [9.17, 15) is 5.11 Å². The molecule has 0 heterocycles. The lowest BCUT2D eigenvalue weighted by Crippen LogP contribution is -2.41. The van der Waals surface area contributed by atoms with Crippen LogP contribution in [-0.4, -0.2) is 17.8 Å². The quantitative estimate of drug-likeness (QED) is 0.916. The van der Waals surface area contributed by atoms with Crippen LogP contribution in [0.2, 0.25) is 0 Å². The van der Waals surface area contributed by atoms with Gasteiger partial charge in [-0.2, -0.15) is 0 Å². The second kappa shape index (κ2) is 5.62. The molecule has 0 aromatic heterocycles. The van der Waals surface area contributed by atoms with Gasteiger partial charge < -0.3 is 9.84 Å². The molecular formula is C15H21BrO2. The smallest absolute Gasteiger partial charge is 0.122 e. The number of halogens is 1. The molecular weight excluding hydrogens is 292 g/mol. The lowest BCUT2D eigenvalue weighted by atomic mass is 9.73. The van der Waals surface area contributed by atoms with Crippen LogP contribution in [0.3, 0.4) is 0 Å². The van der Waals surface area contributed by atoms with Gasteiger partial charge in [-0.3, -0.25) is 0 Å². The van der Waals surface area contributed by atoms with E-state index in [0.29, 0.717) is 12.3 Å². The summed E-state index contributed by atoms with van der Waals surface area (Å²) < 4.78 is 6.42. The highest BCUT2D eigenvalue weighted by Crippen LogP contribution is 2.38. The molecule has 0 radical (unpaired) electrons. The molecule has 0 amide bonds. The molecule has 2 nitrogen and oxygen atoms in total. The van der Waals surface area contributed by atoms with Crippen molar-refractivity contribution in [2.75, 3.05) is 7.11 Å². The number of hydrogen-bond donors (Lipinski definition) is 1. The molecule has 1 aromatic carbocycles. The lowest BCUT2D eigenvalue weighted by Gasteiger charge is -2.38. The molecule has 1 fully saturated rings. The van der Waals surface area contributed by atoms with Crippen LogP contribution in [0.1, 0.15) is 38.2 Å². The number of hydrogen-bond acceptors (Lipinski definition) is 2. The van der Waals surface area contributed by atoms with Crippen molar-refractivity contribution in [3.63, 3.8) is 0 Å². The van der Waals surface area contributed by atoms with Gasteiger partial charge in [0.05, 0.1) is 12.7 Å². The second-order valence-corrected chi connectivity index (χ2v) is 6.30. The van der Waals surface area contributed by atoms with Gasteiger partial charge in [0.15, 0.2) is 0 Å². The van der Waals surface area contributed by atoms with Crippen molar-refractivity contribution >= 4 is 15.9 Å². The Morgan fingerprint density at radius 3 is 2.89 bits per heavy atom. The van der Waals surface area contributed by atoms with Crippen LogP contribution in [0, 0.1) is 5.92 Å². The molecule has 1 N–H and O–H groups in total. The Hall–Kier alpha value is -0.540. The van der Waals surface area contributed by atoms with Crippen LogP contribution in [0.15, 0.2) is 22.7 Å². The summed E-state index contributed by atoms with van der Waals surface area (Å²) in [4.78, 5) is 0. The molecule has 1 aromatic rings. The Balaban J connectivity index is 2.24. The lowest BCUT2D eigenvalue weighted by molar-refractivity contribution is -0.0408. The molecule has 2 unspecified atom stereocenters. The fourth-order valence-electron chi connectivity index (χ4n) is 2.87. The third-order valence-corrected chi connectivity index (χ3v) is 4.65. The third-order valence-electron chi connectivity index (χ3n) is 4.15. The van der Waals surface area contributed by atoms with Crippen LogP contribution < -0.4 is 4.74 Å². The van der Waals surface area contributed by atoms with E-state index in [1.165, 1.54) is 6.42 Å². The Kier molecular flexibility index (Phi) is 4.33. The molecule has 1 aliphatic carbocycles. The molecule has 2 rings (SSSR count). The summed E-state index contributed by atoms with van der Waals surface area (Å²) in [6.07, 6.45) is 5.05. The maximum Gasteiger partial charge on any atom is 0.122 e. The van der Waals surface area contributed by atoms with Crippen molar-refractivity contribution in [1.82, 2.24) is 0 Å². The van der Waals surface area contributed by atoms with Crippen LogP contribution >= 0.6 is 15.9 Å². The highest BCUT2D eigenvalue weighted by Gasteiger charge is 2.36. The second-order valence-electron chi connectivity index (χ2n) is 5.38. The molecule has 0 saturated heterocycles. The van der Waals surface area contributed by atoms with Gasteiger partial charge in [-0.15, -0.1) is 0 Å². The van der Waals surface area contributed by atoms with Crippen molar-refractivity contribution in [2.24, 2.45) is 5.92 Å². The fourth-order valence-corrected chi connectivity index (χ4v) is 3.28. The Morgan fingerprint density at radius 2 is 2.22 bits per heavy atom. The highest BCUT2D eigenvalue weighted by atomic mass is 79.9. The third kappa shape index (κ3) is 2.89. The first-order valence-electron chi connectivity index (χ1n) is 6.60. The molecule has 1 saturated carbocycles. The van der Waals surface area contributed by atoms with Crippen molar-refractivity contribution in [2.45, 2.75) is 44.6 Å². The van der Waals surface area contributed by atoms with Gasteiger partial charge in [0.1, 0.15) is 5.75 Å². The van der Waals surface area contributed by atoms with E-state index in [-0.39, 0.29) is 0 Å². The molecule has 0 aliphatic heterocycles. The summed E-state index contributed by atoms with van der Waals surface area (Å²) in [6.45, 7) is 2.16. The van der Waals surface area contributed by atoms with Crippen molar-refractivity contribution in [3.05, 3.63) is 28.2 Å². The molecule has 2 atom stereocenters. The minimum Gasteiger partial charge on any atom is -0.496 e. The number of aliphatic hydroxyl groups is 1. The van der Waals surface area contributed by atoms with Crippen LogP contribution in [0.5, 0.6) is 5.75 Å². The predicted molar refractivity (Wildman–Crippen MR) is 77.0 cm³/mol. The van der Waals surface area contributed by atoms with Crippen molar-refractivity contribution in [3.8, 4) is 5.75 Å². The first-order valence-corrected chi connectivity index (χ1v) is 7.39. The highest BCUT2D eigenvalue weighted by molar-refractivity contribution is 9.10. The summed E-state index contributed by atoms with van der Waals surface area (Å²) in [5, 5.41) is 10.8. The average molecular weight is 313 g/mol. The van der Waals surface area contributed by atoms with E-state index in [1.54, 1.807) is 7.11 Å². The van der Waals surface area contributed by atoms with Gasteiger partial charge in [-0.05, 0) is 42.5 Å². The summed E-state index contributed by atoms with van der Waals surface area (Å²) in [7, 11) is 1.68. The zero-order valence-electron chi connectivity index (χ0n) is 11.1. The molecule has 1 aliphatic rings. The van der Waals surface area contributed by atoms with E-state index in [0.717, 1.165) is 35.0 Å². The maximum atomic E-state index is 10.8. The fraction of sp³-hybridized carbons (Fsp3) is 0.600. The Labute approximate surface area is 117 Å². The minimum absolute atomic E-state index is 0.356. The zero-order chi connectivity index (χ0) is 13.2. The van der Waals surface area contributed by atoms with Crippen molar-refractivity contribution < 1.29 is 9.84 Å². The Bertz CT molecular complexity index is 419. The SMILES string of the molecule is COc1ccc(Br)cc1CC1(O)CCCCC1C. The zero-order valence-corrected chi connectivity index (χ0v) is 12.7. The molecule has 0 spiro atoms. The van der Waals surface area contributed by atoms with Gasteiger partial charge >= 0.3 is 0 Å². The van der Waals surface area contributed by atoms with E-state index in [1.807, 2.05) is 12.1 Å². The summed E-state index contributed by atoms with van der Waals surface area (Å²) >= 11 is 3.49. The predicted octanol–water partition coefficient (Wildman–Crippen LogP) is 3.94. The largest absolute Gasteiger partial charge is 0.496 e. The molecule has 100 valence electrons. The van der Waals surface area contributed by atoms with Crippen LogP contribution in [0.25, 0.3) is 0 Å². The van der Waals surface area contributed by atoms with Gasteiger partial charge in [0.2, 0.25) is 0 Å². The van der Waals surface area contributed by atoms with Gasteiger partial charge in [-0.25, -0.2) is 0 Å². The van der Waals surface area contributed by atoms with E-state index < -0.39 is 5.60 Å². The van der Waals surface area contributed by atoms with E-state index in [2.05, 4.69) is 28.9 Å². The van der Waals surface area contributed by atoms with E-state index >= 15 is 0 Å². The molecule has 0 bridgehead atoms. The summed E-state index contributed by atoms with van der Waals surface area (Å²) in [6, 6.07) is 5.98. The maximum absolute atomic E-state index is 10.8. The first-order chi connectivity index (χ1) is 8.55. The number of ether oxygens (including phenoxy) is 1. The average Bonchev–Trinajstić information content (AvgIpc) is 2.33. The molecule has 18 heavy (non-hydrogen) atoms. The summed E-state index contributed by atoms with van der Waals surface area (Å²) in [5.41, 5.74) is 0.509.